The Bertz CT molecular complexity index is 1350. The summed E-state index contributed by atoms with van der Waals surface area (Å²) in [7, 11) is -1.10. The average molecular weight is 554 g/mol. The molecule has 3 aromatic carbocycles. The molecule has 0 aliphatic carbocycles. The SMILES string of the molecule is CCCNC(=O)[C@H](C)N(Cc1ccc(OC)cc1)C(=O)CN(c1cccc(OC)c1)S(=O)(=O)c1ccccc1. The Hall–Kier alpha value is -4.05. The Balaban J connectivity index is 2.01. The van der Waals surface area contributed by atoms with Crippen molar-refractivity contribution in [3.63, 3.8) is 0 Å². The normalized spacial score (nSPS) is 11.8. The third-order valence-corrected chi connectivity index (χ3v) is 7.97. The molecule has 0 unspecified atom stereocenters. The van der Waals surface area contributed by atoms with Crippen LogP contribution >= 0.6 is 0 Å². The molecule has 0 aliphatic rings. The third kappa shape index (κ3) is 7.51. The molecule has 0 spiro atoms. The zero-order valence-electron chi connectivity index (χ0n) is 22.7. The molecule has 208 valence electrons. The van der Waals surface area contributed by atoms with E-state index in [4.69, 9.17) is 9.47 Å². The van der Waals surface area contributed by atoms with Crippen molar-refractivity contribution in [2.45, 2.75) is 37.8 Å². The van der Waals surface area contributed by atoms with Crippen LogP contribution in [-0.4, -0.2) is 58.5 Å². The van der Waals surface area contributed by atoms with Crippen molar-refractivity contribution in [2.75, 3.05) is 31.6 Å². The van der Waals surface area contributed by atoms with Crippen molar-refractivity contribution < 1.29 is 27.5 Å². The molecule has 0 aliphatic heterocycles. The number of benzene rings is 3. The van der Waals surface area contributed by atoms with Gasteiger partial charge < -0.3 is 19.7 Å². The molecule has 0 aromatic heterocycles. The summed E-state index contributed by atoms with van der Waals surface area (Å²) in [6, 6.07) is 20.7. The minimum Gasteiger partial charge on any atom is -0.497 e. The lowest BCUT2D eigenvalue weighted by molar-refractivity contribution is -0.139. The molecule has 1 atom stereocenters. The van der Waals surface area contributed by atoms with E-state index in [2.05, 4.69) is 5.32 Å². The molecule has 10 heteroatoms. The Labute approximate surface area is 230 Å². The van der Waals surface area contributed by atoms with Gasteiger partial charge >= 0.3 is 0 Å². The fourth-order valence-corrected chi connectivity index (χ4v) is 5.35. The van der Waals surface area contributed by atoms with Gasteiger partial charge in [0.2, 0.25) is 11.8 Å². The van der Waals surface area contributed by atoms with Crippen molar-refractivity contribution in [1.29, 1.82) is 0 Å². The monoisotopic (exact) mass is 553 g/mol. The highest BCUT2D eigenvalue weighted by atomic mass is 32.2. The van der Waals surface area contributed by atoms with Crippen LogP contribution in [0.15, 0.2) is 83.8 Å². The summed E-state index contributed by atoms with van der Waals surface area (Å²) in [5, 5.41) is 2.83. The van der Waals surface area contributed by atoms with E-state index in [9.17, 15) is 18.0 Å². The van der Waals surface area contributed by atoms with E-state index in [0.717, 1.165) is 16.3 Å². The van der Waals surface area contributed by atoms with Gasteiger partial charge in [0.05, 0.1) is 24.8 Å². The Morgan fingerprint density at radius 2 is 1.56 bits per heavy atom. The predicted molar refractivity (Wildman–Crippen MR) is 150 cm³/mol. The largest absolute Gasteiger partial charge is 0.497 e. The summed E-state index contributed by atoms with van der Waals surface area (Å²) < 4.78 is 39.1. The second-order valence-electron chi connectivity index (χ2n) is 8.86. The quantitative estimate of drug-likeness (QED) is 0.345. The number of rotatable bonds is 13. The highest BCUT2D eigenvalue weighted by molar-refractivity contribution is 7.92. The first-order valence-corrected chi connectivity index (χ1v) is 14.1. The molecule has 2 amide bonds. The van der Waals surface area contributed by atoms with Crippen LogP contribution < -0.4 is 19.1 Å². The first-order valence-electron chi connectivity index (χ1n) is 12.6. The standard InChI is InChI=1S/C29H35N3O6S/c1-5-18-30-29(34)22(2)31(20-23-14-16-25(37-3)17-15-23)28(33)21-32(24-10-9-11-26(19-24)38-4)39(35,36)27-12-7-6-8-13-27/h6-17,19,22H,5,18,20-21H2,1-4H3,(H,30,34)/t22-/m0/s1. The molecular weight excluding hydrogens is 518 g/mol. The number of methoxy groups -OCH3 is 2. The predicted octanol–water partition coefficient (Wildman–Crippen LogP) is 3.84. The number of amides is 2. The zero-order valence-corrected chi connectivity index (χ0v) is 23.5. The third-order valence-electron chi connectivity index (χ3n) is 6.18. The van der Waals surface area contributed by atoms with Gasteiger partial charge in [0, 0.05) is 19.2 Å². The van der Waals surface area contributed by atoms with Crippen molar-refractivity contribution in [2.24, 2.45) is 0 Å². The molecule has 0 radical (unpaired) electrons. The van der Waals surface area contributed by atoms with Gasteiger partial charge in [-0.25, -0.2) is 8.42 Å². The van der Waals surface area contributed by atoms with E-state index >= 15 is 0 Å². The Kier molecular flexibility index (Phi) is 10.3. The first-order chi connectivity index (χ1) is 18.7. The second kappa shape index (κ2) is 13.7. The lowest BCUT2D eigenvalue weighted by Crippen LogP contribution is -2.51. The number of anilines is 1. The lowest BCUT2D eigenvalue weighted by atomic mass is 10.1. The van der Waals surface area contributed by atoms with E-state index in [1.807, 2.05) is 6.92 Å². The van der Waals surface area contributed by atoms with Gasteiger partial charge in [0.15, 0.2) is 0 Å². The van der Waals surface area contributed by atoms with Crippen LogP contribution in [0.2, 0.25) is 0 Å². The summed E-state index contributed by atoms with van der Waals surface area (Å²) in [6.45, 7) is 3.61. The van der Waals surface area contributed by atoms with Crippen LogP contribution in [0.3, 0.4) is 0 Å². The fourth-order valence-electron chi connectivity index (χ4n) is 3.92. The molecule has 0 saturated carbocycles. The minimum absolute atomic E-state index is 0.0380. The maximum absolute atomic E-state index is 13.9. The van der Waals surface area contributed by atoms with Gasteiger partial charge in [-0.2, -0.15) is 0 Å². The first kappa shape index (κ1) is 29.5. The Morgan fingerprint density at radius 3 is 2.18 bits per heavy atom. The molecule has 0 saturated heterocycles. The molecule has 9 nitrogen and oxygen atoms in total. The van der Waals surface area contributed by atoms with Crippen LogP contribution in [0.5, 0.6) is 11.5 Å². The Morgan fingerprint density at radius 1 is 0.897 bits per heavy atom. The van der Waals surface area contributed by atoms with Crippen LogP contribution in [0.25, 0.3) is 0 Å². The smallest absolute Gasteiger partial charge is 0.264 e. The van der Waals surface area contributed by atoms with Crippen molar-refractivity contribution in [3.05, 3.63) is 84.4 Å². The number of nitrogens with one attached hydrogen (secondary N) is 1. The van der Waals surface area contributed by atoms with Gasteiger partial charge in [0.1, 0.15) is 24.1 Å². The van der Waals surface area contributed by atoms with Crippen LogP contribution in [-0.2, 0) is 26.2 Å². The fraction of sp³-hybridized carbons (Fsp3) is 0.310. The molecule has 3 rings (SSSR count). The van der Waals surface area contributed by atoms with Crippen LogP contribution in [0.4, 0.5) is 5.69 Å². The maximum Gasteiger partial charge on any atom is 0.264 e. The second-order valence-corrected chi connectivity index (χ2v) is 10.7. The number of hydrogen-bond acceptors (Lipinski definition) is 6. The van der Waals surface area contributed by atoms with Gasteiger partial charge in [-0.3, -0.25) is 13.9 Å². The average Bonchev–Trinajstić information content (AvgIpc) is 2.97. The summed E-state index contributed by atoms with van der Waals surface area (Å²) in [5.74, 6) is 0.240. The van der Waals surface area contributed by atoms with Gasteiger partial charge in [0.25, 0.3) is 10.0 Å². The van der Waals surface area contributed by atoms with Crippen molar-refractivity contribution in [1.82, 2.24) is 10.2 Å². The summed E-state index contributed by atoms with van der Waals surface area (Å²) in [4.78, 5) is 28.2. The number of carbonyl (C=O) groups excluding carboxylic acids is 2. The van der Waals surface area contributed by atoms with E-state index in [-0.39, 0.29) is 23.0 Å². The van der Waals surface area contributed by atoms with Crippen molar-refractivity contribution >= 4 is 27.5 Å². The number of ether oxygens (including phenoxy) is 2. The minimum atomic E-state index is -4.14. The zero-order chi connectivity index (χ0) is 28.4. The molecule has 0 heterocycles. The van der Waals surface area contributed by atoms with E-state index in [0.29, 0.717) is 18.0 Å². The molecule has 0 bridgehead atoms. The van der Waals surface area contributed by atoms with Crippen molar-refractivity contribution in [3.8, 4) is 11.5 Å². The van der Waals surface area contributed by atoms with Crippen LogP contribution in [0, 0.1) is 0 Å². The lowest BCUT2D eigenvalue weighted by Gasteiger charge is -2.32. The molecule has 0 fully saturated rings. The molecular formula is C29H35N3O6S. The highest BCUT2D eigenvalue weighted by Gasteiger charge is 2.32. The molecule has 3 aromatic rings. The number of hydrogen-bond donors (Lipinski definition) is 1. The van der Waals surface area contributed by atoms with Gasteiger partial charge in [-0.05, 0) is 55.3 Å². The number of nitrogens with zero attached hydrogens (tertiary/aromatic N) is 2. The van der Waals surface area contributed by atoms with E-state index in [1.165, 1.54) is 24.1 Å². The van der Waals surface area contributed by atoms with E-state index < -0.39 is 28.5 Å². The molecule has 39 heavy (non-hydrogen) atoms. The number of sulfonamides is 1. The highest BCUT2D eigenvalue weighted by Crippen LogP contribution is 2.27. The van der Waals surface area contributed by atoms with Gasteiger partial charge in [-0.15, -0.1) is 0 Å². The summed E-state index contributed by atoms with van der Waals surface area (Å²) in [6.07, 6.45) is 0.740. The van der Waals surface area contributed by atoms with Gasteiger partial charge in [-0.1, -0.05) is 43.3 Å². The van der Waals surface area contributed by atoms with Crippen LogP contribution in [0.1, 0.15) is 25.8 Å². The summed E-state index contributed by atoms with van der Waals surface area (Å²) >= 11 is 0. The van der Waals surface area contributed by atoms with E-state index in [1.54, 1.807) is 80.8 Å². The number of carbonyl (C=O) groups is 2. The summed E-state index contributed by atoms with van der Waals surface area (Å²) in [5.41, 5.74) is 1.03. The molecule has 1 N–H and O–H groups in total. The maximum atomic E-state index is 13.9. The topological polar surface area (TPSA) is 105 Å².